The van der Waals surface area contributed by atoms with E-state index in [1.807, 2.05) is 0 Å². The Morgan fingerprint density at radius 3 is 2.64 bits per heavy atom. The number of nitrogens with two attached hydrogens (primary N) is 1. The summed E-state index contributed by atoms with van der Waals surface area (Å²) in [6.07, 6.45) is 4.28. The average Bonchev–Trinajstić information content (AvgIpc) is 2.47. The first-order chi connectivity index (χ1) is 5.34. The maximum atomic E-state index is 5.95. The summed E-state index contributed by atoms with van der Waals surface area (Å²) in [5, 5.41) is 0. The van der Waals surface area contributed by atoms with Gasteiger partial charge in [0.05, 0.1) is 6.61 Å². The van der Waals surface area contributed by atoms with Gasteiger partial charge in [-0.3, -0.25) is 0 Å². The fraction of sp³-hybridized carbons (Fsp3) is 1.00. The van der Waals surface area contributed by atoms with Gasteiger partial charge in [0, 0.05) is 13.2 Å². The molecule has 2 aliphatic carbocycles. The Morgan fingerprint density at radius 2 is 2.09 bits per heavy atom. The molecule has 3 unspecified atom stereocenters. The van der Waals surface area contributed by atoms with Crippen molar-refractivity contribution in [2.45, 2.75) is 25.3 Å². The number of hydrogen-bond acceptors (Lipinski definition) is 2. The molecule has 0 bridgehead atoms. The van der Waals surface area contributed by atoms with E-state index >= 15 is 0 Å². The Labute approximate surface area is 68.1 Å². The number of methoxy groups -OCH3 is 1. The predicted octanol–water partition coefficient (Wildman–Crippen LogP) is 1.01. The summed E-state index contributed by atoms with van der Waals surface area (Å²) in [6.45, 7) is 0.748. The second-order valence-corrected chi connectivity index (χ2v) is 3.96. The van der Waals surface area contributed by atoms with Crippen molar-refractivity contribution in [3.8, 4) is 0 Å². The number of fused-ring (bicyclic) bond motifs is 1. The molecular formula is C9H17NO. The summed E-state index contributed by atoms with van der Waals surface area (Å²) in [4.78, 5) is 0. The summed E-state index contributed by atoms with van der Waals surface area (Å²) in [5.41, 5.74) is 5.95. The van der Waals surface area contributed by atoms with Crippen LogP contribution in [0.15, 0.2) is 0 Å². The molecule has 64 valence electrons. The fourth-order valence-corrected chi connectivity index (χ4v) is 2.82. The molecule has 0 amide bonds. The number of hydrogen-bond donors (Lipinski definition) is 1. The molecule has 0 saturated heterocycles. The van der Waals surface area contributed by atoms with Crippen molar-refractivity contribution in [2.75, 3.05) is 13.7 Å². The third kappa shape index (κ3) is 1.18. The lowest BCUT2D eigenvalue weighted by Gasteiger charge is -2.11. The normalized spacial score (nSPS) is 43.6. The van der Waals surface area contributed by atoms with Gasteiger partial charge < -0.3 is 10.5 Å². The van der Waals surface area contributed by atoms with Gasteiger partial charge in [-0.1, -0.05) is 6.42 Å². The van der Waals surface area contributed by atoms with Gasteiger partial charge in [0.1, 0.15) is 0 Å². The van der Waals surface area contributed by atoms with E-state index in [0.717, 1.165) is 24.4 Å². The molecule has 2 heteroatoms. The molecule has 2 fully saturated rings. The molecule has 0 aromatic carbocycles. The van der Waals surface area contributed by atoms with Crippen LogP contribution >= 0.6 is 0 Å². The topological polar surface area (TPSA) is 35.2 Å². The lowest BCUT2D eigenvalue weighted by Crippen LogP contribution is -2.29. The Bertz CT molecular complexity index is 138. The Balaban J connectivity index is 1.80. The first kappa shape index (κ1) is 7.56. The van der Waals surface area contributed by atoms with Crippen LogP contribution in [0.5, 0.6) is 0 Å². The van der Waals surface area contributed by atoms with E-state index in [2.05, 4.69) is 0 Å². The SMILES string of the molecule is COCC(N)C1C2CCCC21. The van der Waals surface area contributed by atoms with Crippen LogP contribution in [0.4, 0.5) is 0 Å². The van der Waals surface area contributed by atoms with Crippen molar-refractivity contribution in [1.82, 2.24) is 0 Å². The molecule has 11 heavy (non-hydrogen) atoms. The quantitative estimate of drug-likeness (QED) is 0.660. The van der Waals surface area contributed by atoms with Crippen LogP contribution in [0.2, 0.25) is 0 Å². The molecule has 0 radical (unpaired) electrons. The maximum absolute atomic E-state index is 5.95. The summed E-state index contributed by atoms with van der Waals surface area (Å²) in [6, 6.07) is 0.315. The predicted molar refractivity (Wildman–Crippen MR) is 44.2 cm³/mol. The maximum Gasteiger partial charge on any atom is 0.0616 e. The monoisotopic (exact) mass is 155 g/mol. The number of ether oxygens (including phenoxy) is 1. The fourth-order valence-electron chi connectivity index (χ4n) is 2.82. The van der Waals surface area contributed by atoms with Gasteiger partial charge in [0.2, 0.25) is 0 Å². The van der Waals surface area contributed by atoms with Gasteiger partial charge in [0.15, 0.2) is 0 Å². The third-order valence-corrected chi connectivity index (χ3v) is 3.33. The van der Waals surface area contributed by atoms with Crippen molar-refractivity contribution in [3.05, 3.63) is 0 Å². The van der Waals surface area contributed by atoms with E-state index in [1.165, 1.54) is 19.3 Å². The van der Waals surface area contributed by atoms with Crippen LogP contribution in [0, 0.1) is 17.8 Å². The molecule has 2 saturated carbocycles. The Morgan fingerprint density at radius 1 is 1.45 bits per heavy atom. The van der Waals surface area contributed by atoms with Gasteiger partial charge in [-0.2, -0.15) is 0 Å². The molecule has 0 aromatic heterocycles. The van der Waals surface area contributed by atoms with E-state index in [4.69, 9.17) is 10.5 Å². The molecule has 2 aliphatic rings. The molecule has 0 spiro atoms. The van der Waals surface area contributed by atoms with Gasteiger partial charge >= 0.3 is 0 Å². The highest BCUT2D eigenvalue weighted by Crippen LogP contribution is 2.58. The number of rotatable bonds is 3. The van der Waals surface area contributed by atoms with Crippen molar-refractivity contribution in [1.29, 1.82) is 0 Å². The van der Waals surface area contributed by atoms with Crippen LogP contribution < -0.4 is 5.73 Å². The van der Waals surface area contributed by atoms with Crippen LogP contribution in [0.1, 0.15) is 19.3 Å². The van der Waals surface area contributed by atoms with Crippen LogP contribution in [-0.2, 0) is 4.74 Å². The zero-order chi connectivity index (χ0) is 7.84. The molecule has 2 N–H and O–H groups in total. The van der Waals surface area contributed by atoms with Crippen molar-refractivity contribution in [3.63, 3.8) is 0 Å². The van der Waals surface area contributed by atoms with E-state index in [9.17, 15) is 0 Å². The highest BCUT2D eigenvalue weighted by atomic mass is 16.5. The summed E-state index contributed by atoms with van der Waals surface area (Å²) in [5.74, 6) is 2.75. The standard InChI is InChI=1S/C9H17NO/c1-11-5-8(10)9-6-3-2-4-7(6)9/h6-9H,2-5,10H2,1H3. The van der Waals surface area contributed by atoms with Crippen LogP contribution in [-0.4, -0.2) is 19.8 Å². The van der Waals surface area contributed by atoms with Gasteiger partial charge in [-0.05, 0) is 30.6 Å². The lowest BCUT2D eigenvalue weighted by molar-refractivity contribution is 0.167. The third-order valence-electron chi connectivity index (χ3n) is 3.33. The average molecular weight is 155 g/mol. The molecule has 0 aromatic rings. The Hall–Kier alpha value is -0.0800. The van der Waals surface area contributed by atoms with Gasteiger partial charge in [-0.15, -0.1) is 0 Å². The molecule has 3 atom stereocenters. The highest BCUT2D eigenvalue weighted by Gasteiger charge is 2.54. The minimum absolute atomic E-state index is 0.315. The van der Waals surface area contributed by atoms with Gasteiger partial charge in [0.25, 0.3) is 0 Å². The minimum Gasteiger partial charge on any atom is -0.383 e. The summed E-state index contributed by atoms with van der Waals surface area (Å²) < 4.78 is 5.05. The zero-order valence-corrected chi connectivity index (χ0v) is 7.12. The zero-order valence-electron chi connectivity index (χ0n) is 7.12. The lowest BCUT2D eigenvalue weighted by atomic mass is 10.1. The van der Waals surface area contributed by atoms with Crippen molar-refractivity contribution >= 4 is 0 Å². The summed E-state index contributed by atoms with van der Waals surface area (Å²) >= 11 is 0. The molecule has 0 aliphatic heterocycles. The molecular weight excluding hydrogens is 138 g/mol. The van der Waals surface area contributed by atoms with E-state index in [1.54, 1.807) is 7.11 Å². The van der Waals surface area contributed by atoms with E-state index in [0.29, 0.717) is 6.04 Å². The minimum atomic E-state index is 0.315. The molecule has 2 rings (SSSR count). The Kier molecular flexibility index (Phi) is 1.90. The second kappa shape index (κ2) is 2.76. The first-order valence-electron chi connectivity index (χ1n) is 4.59. The van der Waals surface area contributed by atoms with Crippen molar-refractivity contribution in [2.24, 2.45) is 23.5 Å². The van der Waals surface area contributed by atoms with Crippen LogP contribution in [0.25, 0.3) is 0 Å². The van der Waals surface area contributed by atoms with E-state index in [-0.39, 0.29) is 0 Å². The van der Waals surface area contributed by atoms with Crippen LogP contribution in [0.3, 0.4) is 0 Å². The van der Waals surface area contributed by atoms with E-state index < -0.39 is 0 Å². The largest absolute Gasteiger partial charge is 0.383 e. The molecule has 2 nitrogen and oxygen atoms in total. The first-order valence-corrected chi connectivity index (χ1v) is 4.59. The molecule has 0 heterocycles. The second-order valence-electron chi connectivity index (χ2n) is 3.96. The summed E-state index contributed by atoms with van der Waals surface area (Å²) in [7, 11) is 1.73. The highest BCUT2D eigenvalue weighted by molar-refractivity contribution is 5.05. The van der Waals surface area contributed by atoms with Gasteiger partial charge in [-0.25, -0.2) is 0 Å². The van der Waals surface area contributed by atoms with Crippen molar-refractivity contribution < 1.29 is 4.74 Å². The smallest absolute Gasteiger partial charge is 0.0616 e.